The summed E-state index contributed by atoms with van der Waals surface area (Å²) in [5.41, 5.74) is 6.99. The lowest BCUT2D eigenvalue weighted by Crippen LogP contribution is -2.35. The molecule has 2 aromatic carbocycles. The van der Waals surface area contributed by atoms with Crippen LogP contribution in [-0.4, -0.2) is 22.6 Å². The minimum absolute atomic E-state index is 0.163. The first-order valence-electron chi connectivity index (χ1n) is 14.8. The zero-order valence-corrected chi connectivity index (χ0v) is 24.4. The fourth-order valence-corrected chi connectivity index (χ4v) is 16.3. The Kier molecular flexibility index (Phi) is 9.06. The second-order valence-electron chi connectivity index (χ2n) is 11.9. The molecule has 3 fully saturated rings. The maximum atomic E-state index is 2.68. The Labute approximate surface area is 218 Å². The molecule has 190 valence electrons. The molecular weight excluding hydrogens is 458 g/mol. The number of benzene rings is 2. The minimum atomic E-state index is -0.341. The van der Waals surface area contributed by atoms with E-state index in [1.807, 2.05) is 0 Å². The average molecular weight is 507 g/mol. The molecule has 0 saturated heterocycles. The van der Waals surface area contributed by atoms with Crippen LogP contribution in [0.1, 0.15) is 102 Å². The van der Waals surface area contributed by atoms with E-state index in [0.717, 1.165) is 28.6 Å². The van der Waals surface area contributed by atoms with Gasteiger partial charge in [-0.05, 0) is 111 Å². The van der Waals surface area contributed by atoms with Gasteiger partial charge in [0.25, 0.3) is 0 Å². The van der Waals surface area contributed by atoms with Crippen molar-refractivity contribution in [3.63, 3.8) is 0 Å². The SMILES string of the molecule is Cc1ccccc1P(c1ccccc1C)[C@@H](C)C1CCC[C@H]1P(C1CCCCC1)C1CCCCC1. The van der Waals surface area contributed by atoms with Crippen LogP contribution in [0.2, 0.25) is 0 Å². The molecule has 0 aromatic heterocycles. The first-order chi connectivity index (χ1) is 17.1. The molecule has 35 heavy (non-hydrogen) atoms. The van der Waals surface area contributed by atoms with Crippen LogP contribution < -0.4 is 10.6 Å². The number of rotatable bonds is 7. The lowest BCUT2D eigenvalue weighted by atomic mass is 9.99. The first-order valence-corrected chi connectivity index (χ1v) is 17.8. The molecule has 5 rings (SSSR count). The van der Waals surface area contributed by atoms with Crippen LogP contribution in [0.4, 0.5) is 0 Å². The highest BCUT2D eigenvalue weighted by molar-refractivity contribution is 7.73. The molecular formula is C33H48P2. The van der Waals surface area contributed by atoms with Gasteiger partial charge in [0.15, 0.2) is 0 Å². The van der Waals surface area contributed by atoms with Crippen LogP contribution in [0, 0.1) is 19.8 Å². The van der Waals surface area contributed by atoms with Gasteiger partial charge in [0, 0.05) is 0 Å². The molecule has 1 unspecified atom stereocenters. The molecule has 0 radical (unpaired) electrons. The number of hydrogen-bond acceptors (Lipinski definition) is 0. The molecule has 3 atom stereocenters. The van der Waals surface area contributed by atoms with Crippen LogP contribution in [-0.2, 0) is 0 Å². The third-order valence-electron chi connectivity index (χ3n) is 9.68. The summed E-state index contributed by atoms with van der Waals surface area (Å²) in [6, 6.07) is 18.7. The quantitative estimate of drug-likeness (QED) is 0.328. The molecule has 0 spiro atoms. The maximum absolute atomic E-state index is 2.68. The minimum Gasteiger partial charge on any atom is -0.0968 e. The lowest BCUT2D eigenvalue weighted by Gasteiger charge is -2.46. The van der Waals surface area contributed by atoms with Crippen LogP contribution in [0.5, 0.6) is 0 Å². The van der Waals surface area contributed by atoms with Crippen molar-refractivity contribution in [3.8, 4) is 0 Å². The molecule has 3 aliphatic carbocycles. The standard InChI is InChI=1S/C33H48P2/c1-25-15-10-12-22-31(25)34(32-23-13-11-16-26(32)2)27(3)30-21-14-24-33(30)35(28-17-6-4-7-18-28)29-19-8-5-9-20-29/h10-13,15-16,22-23,27-30,33H,4-9,14,17-21,24H2,1-3H3/t27-,30?,33+/m0/s1. The van der Waals surface area contributed by atoms with E-state index in [1.54, 1.807) is 42.7 Å². The van der Waals surface area contributed by atoms with Crippen molar-refractivity contribution in [3.05, 3.63) is 59.7 Å². The van der Waals surface area contributed by atoms with Gasteiger partial charge in [-0.1, -0.05) is 108 Å². The van der Waals surface area contributed by atoms with Gasteiger partial charge in [0.2, 0.25) is 0 Å². The van der Waals surface area contributed by atoms with Crippen molar-refractivity contribution in [2.75, 3.05) is 0 Å². The molecule has 0 nitrogen and oxygen atoms in total. The largest absolute Gasteiger partial charge is 0.0968 e. The van der Waals surface area contributed by atoms with Gasteiger partial charge in [0.05, 0.1) is 0 Å². The van der Waals surface area contributed by atoms with E-state index in [2.05, 4.69) is 69.3 Å². The Balaban J connectivity index is 1.50. The highest BCUT2D eigenvalue weighted by Crippen LogP contribution is 2.65. The fourth-order valence-electron chi connectivity index (χ4n) is 7.93. The Morgan fingerprint density at radius 1 is 0.600 bits per heavy atom. The van der Waals surface area contributed by atoms with Gasteiger partial charge in [0.1, 0.15) is 0 Å². The Morgan fingerprint density at radius 2 is 1.09 bits per heavy atom. The van der Waals surface area contributed by atoms with Crippen molar-refractivity contribution >= 4 is 26.5 Å². The van der Waals surface area contributed by atoms with Gasteiger partial charge < -0.3 is 0 Å². The molecule has 0 N–H and O–H groups in total. The van der Waals surface area contributed by atoms with E-state index in [0.29, 0.717) is 0 Å². The molecule has 2 aromatic rings. The van der Waals surface area contributed by atoms with Crippen LogP contribution in [0.3, 0.4) is 0 Å². The highest BCUT2D eigenvalue weighted by atomic mass is 31.1. The number of aryl methyl sites for hydroxylation is 2. The Hall–Kier alpha value is -0.700. The van der Waals surface area contributed by atoms with Gasteiger partial charge in [-0.3, -0.25) is 0 Å². The normalized spacial score (nSPS) is 25.4. The van der Waals surface area contributed by atoms with Crippen molar-refractivity contribution < 1.29 is 0 Å². The molecule has 3 aliphatic rings. The number of hydrogen-bond donors (Lipinski definition) is 0. The summed E-state index contributed by atoms with van der Waals surface area (Å²) in [7, 11) is -0.178. The first kappa shape index (κ1) is 25.9. The van der Waals surface area contributed by atoms with E-state index in [4.69, 9.17) is 0 Å². The molecule has 0 aliphatic heterocycles. The molecule has 0 amide bonds. The third-order valence-corrected chi connectivity index (χ3v) is 17.0. The van der Waals surface area contributed by atoms with Gasteiger partial charge in [-0.2, -0.15) is 0 Å². The summed E-state index contributed by atoms with van der Waals surface area (Å²) in [6.07, 6.45) is 19.8. The summed E-state index contributed by atoms with van der Waals surface area (Å²) in [5.74, 6) is 0.926. The van der Waals surface area contributed by atoms with Crippen LogP contribution in [0.25, 0.3) is 0 Å². The lowest BCUT2D eigenvalue weighted by molar-refractivity contribution is 0.469. The topological polar surface area (TPSA) is 0 Å². The van der Waals surface area contributed by atoms with Gasteiger partial charge in [-0.25, -0.2) is 0 Å². The fraction of sp³-hybridized carbons (Fsp3) is 0.636. The molecule has 0 bridgehead atoms. The zero-order valence-electron chi connectivity index (χ0n) is 22.6. The highest BCUT2D eigenvalue weighted by Gasteiger charge is 2.45. The second kappa shape index (κ2) is 12.2. The summed E-state index contributed by atoms with van der Waals surface area (Å²) in [5, 5.41) is 3.30. The van der Waals surface area contributed by atoms with Crippen molar-refractivity contribution in [1.82, 2.24) is 0 Å². The maximum Gasteiger partial charge on any atom is -0.0123 e. The summed E-state index contributed by atoms with van der Waals surface area (Å²) in [4.78, 5) is 0. The third kappa shape index (κ3) is 5.75. The summed E-state index contributed by atoms with van der Waals surface area (Å²) in [6.45, 7) is 7.40. The predicted octanol–water partition coefficient (Wildman–Crippen LogP) is 9.44. The van der Waals surface area contributed by atoms with Crippen LogP contribution >= 0.6 is 15.8 Å². The average Bonchev–Trinajstić information content (AvgIpc) is 3.37. The van der Waals surface area contributed by atoms with E-state index < -0.39 is 0 Å². The van der Waals surface area contributed by atoms with E-state index >= 15 is 0 Å². The van der Waals surface area contributed by atoms with Crippen molar-refractivity contribution in [1.29, 1.82) is 0 Å². The molecule has 2 heteroatoms. The van der Waals surface area contributed by atoms with E-state index in [-0.39, 0.29) is 15.8 Å². The molecule has 0 heterocycles. The predicted molar refractivity (Wildman–Crippen MR) is 160 cm³/mol. The van der Waals surface area contributed by atoms with Gasteiger partial charge >= 0.3 is 0 Å². The van der Waals surface area contributed by atoms with Gasteiger partial charge in [-0.15, -0.1) is 0 Å². The van der Waals surface area contributed by atoms with E-state index in [1.165, 1.54) is 62.5 Å². The van der Waals surface area contributed by atoms with Crippen LogP contribution in [0.15, 0.2) is 48.5 Å². The summed E-state index contributed by atoms with van der Waals surface area (Å²) < 4.78 is 0. The van der Waals surface area contributed by atoms with Crippen molar-refractivity contribution in [2.24, 2.45) is 5.92 Å². The Bertz CT molecular complexity index is 876. The monoisotopic (exact) mass is 506 g/mol. The van der Waals surface area contributed by atoms with E-state index in [9.17, 15) is 0 Å². The summed E-state index contributed by atoms with van der Waals surface area (Å²) >= 11 is 0. The zero-order chi connectivity index (χ0) is 24.2. The smallest absolute Gasteiger partial charge is 0.0123 e. The second-order valence-corrected chi connectivity index (χ2v) is 17.4. The van der Waals surface area contributed by atoms with Crippen molar-refractivity contribution in [2.45, 2.75) is 127 Å². The molecule has 3 saturated carbocycles. The Morgan fingerprint density at radius 3 is 1.57 bits per heavy atom.